The smallest absolute Gasteiger partial charge is 0.263 e. The average Bonchev–Trinajstić information content (AvgIpc) is 3.71. The van der Waals surface area contributed by atoms with E-state index in [0.29, 0.717) is 23.7 Å². The minimum Gasteiger partial charge on any atom is -0.305 e. The van der Waals surface area contributed by atoms with Gasteiger partial charge in [0.15, 0.2) is 0 Å². The molecule has 4 unspecified atom stereocenters. The van der Waals surface area contributed by atoms with Crippen molar-refractivity contribution < 1.29 is 0 Å². The van der Waals surface area contributed by atoms with Crippen LogP contribution in [-0.2, 0) is 0 Å². The molecule has 4 saturated carbocycles. The molecule has 252 valence electrons. The van der Waals surface area contributed by atoms with Crippen LogP contribution in [0, 0.1) is 23.7 Å². The lowest BCUT2D eigenvalue weighted by molar-refractivity contribution is 0.165. The zero-order valence-electron chi connectivity index (χ0n) is 29.2. The van der Waals surface area contributed by atoms with Gasteiger partial charge in [-0.05, 0) is 123 Å². The van der Waals surface area contributed by atoms with Crippen molar-refractivity contribution in [3.8, 4) is 0 Å². The number of benzene rings is 3. The molecule has 4 fully saturated rings. The van der Waals surface area contributed by atoms with Gasteiger partial charge in [0.1, 0.15) is 0 Å². The lowest BCUT2D eigenvalue weighted by atomic mass is 9.67. The Morgan fingerprint density at radius 1 is 0.462 bits per heavy atom. The molecule has 8 aliphatic rings. The monoisotopic (exact) mass is 674 g/mol. The van der Waals surface area contributed by atoms with E-state index >= 15 is 4.79 Å². The van der Waals surface area contributed by atoms with Crippen LogP contribution in [0.1, 0.15) is 110 Å². The minimum atomic E-state index is 0.118. The molecule has 17 rings (SSSR count). The van der Waals surface area contributed by atoms with Crippen molar-refractivity contribution in [1.29, 1.82) is 0 Å². The molecule has 4 atom stereocenters. The molecular formula is C47H38N4O. The van der Waals surface area contributed by atoms with Crippen LogP contribution in [0.3, 0.4) is 0 Å². The van der Waals surface area contributed by atoms with Gasteiger partial charge in [-0.3, -0.25) is 19.2 Å². The number of para-hydroxylation sites is 2. The minimum absolute atomic E-state index is 0.118. The summed E-state index contributed by atoms with van der Waals surface area (Å²) in [6.07, 6.45) is 17.6. The number of hydrogen-bond donors (Lipinski definition) is 0. The van der Waals surface area contributed by atoms with Crippen LogP contribution in [0.2, 0.25) is 0 Å². The Labute approximate surface area is 299 Å². The zero-order valence-corrected chi connectivity index (χ0v) is 29.2. The van der Waals surface area contributed by atoms with E-state index in [1.807, 2.05) is 4.40 Å². The van der Waals surface area contributed by atoms with E-state index in [4.69, 9.17) is 9.97 Å². The molecule has 5 nitrogen and oxygen atoms in total. The lowest BCUT2D eigenvalue weighted by Crippen LogP contribution is -2.25. The molecule has 0 aliphatic heterocycles. The Balaban J connectivity index is 1.22. The Hall–Kier alpha value is -4.77. The van der Waals surface area contributed by atoms with Crippen molar-refractivity contribution >= 4 is 76.1 Å². The summed E-state index contributed by atoms with van der Waals surface area (Å²) in [6.45, 7) is 0. The summed E-state index contributed by atoms with van der Waals surface area (Å²) < 4.78 is 4.63. The molecule has 6 heterocycles. The number of nitrogens with zero attached hydrogens (tertiary/aromatic N) is 4. The molecule has 52 heavy (non-hydrogen) atoms. The van der Waals surface area contributed by atoms with Gasteiger partial charge in [0.2, 0.25) is 0 Å². The fourth-order valence-corrected chi connectivity index (χ4v) is 14.8. The Morgan fingerprint density at radius 2 is 1.04 bits per heavy atom. The van der Waals surface area contributed by atoms with Gasteiger partial charge in [-0.15, -0.1) is 0 Å². The Kier molecular flexibility index (Phi) is 4.51. The molecule has 8 bridgehead atoms. The summed E-state index contributed by atoms with van der Waals surface area (Å²) in [6, 6.07) is 17.6. The van der Waals surface area contributed by atoms with Gasteiger partial charge in [-0.25, -0.2) is 0 Å². The van der Waals surface area contributed by atoms with Crippen LogP contribution in [-0.4, -0.2) is 18.8 Å². The second-order valence-electron chi connectivity index (χ2n) is 18.5. The first-order valence-corrected chi connectivity index (χ1v) is 20.3. The van der Waals surface area contributed by atoms with Crippen molar-refractivity contribution in [2.75, 3.05) is 0 Å². The summed E-state index contributed by atoms with van der Waals surface area (Å²) in [4.78, 5) is 26.3. The largest absolute Gasteiger partial charge is 0.305 e. The van der Waals surface area contributed by atoms with Gasteiger partial charge >= 0.3 is 0 Å². The highest BCUT2D eigenvalue weighted by molar-refractivity contribution is 6.37. The third-order valence-electron chi connectivity index (χ3n) is 16.0. The molecule has 0 spiro atoms. The van der Waals surface area contributed by atoms with E-state index in [-0.39, 0.29) is 5.56 Å². The predicted molar refractivity (Wildman–Crippen MR) is 209 cm³/mol. The quantitative estimate of drug-likeness (QED) is 0.150. The van der Waals surface area contributed by atoms with Crippen molar-refractivity contribution in [3.05, 3.63) is 93.8 Å². The molecule has 0 saturated heterocycles. The first kappa shape index (κ1) is 26.9. The maximum absolute atomic E-state index is 15.4. The molecule has 8 aliphatic carbocycles. The SMILES string of the molecule is O=c1c2cc3c4c5c(ncc4n4c6cnc7c(c6c(c2c2cccc6c8ccccc8n1c62)c34)C1CC2CC(CC7C2)C1)C1CC2CC(C1)CC5C2. The van der Waals surface area contributed by atoms with Crippen LogP contribution >= 0.6 is 0 Å². The number of fused-ring (bicyclic) bond motifs is 12. The van der Waals surface area contributed by atoms with Crippen molar-refractivity contribution in [2.24, 2.45) is 23.7 Å². The lowest BCUT2D eigenvalue weighted by Gasteiger charge is -2.38. The van der Waals surface area contributed by atoms with Gasteiger partial charge in [0.25, 0.3) is 5.56 Å². The van der Waals surface area contributed by atoms with Crippen LogP contribution in [0.4, 0.5) is 0 Å². The molecule has 0 amide bonds. The molecular weight excluding hydrogens is 637 g/mol. The van der Waals surface area contributed by atoms with E-state index in [9.17, 15) is 0 Å². The van der Waals surface area contributed by atoms with Crippen LogP contribution < -0.4 is 5.56 Å². The number of rotatable bonds is 0. The topological polar surface area (TPSA) is 51.7 Å². The molecule has 6 aromatic heterocycles. The summed E-state index contributed by atoms with van der Waals surface area (Å²) in [5.41, 5.74) is 11.8. The van der Waals surface area contributed by atoms with Gasteiger partial charge in [-0.1, -0.05) is 36.4 Å². The zero-order chi connectivity index (χ0) is 33.3. The average molecular weight is 675 g/mol. The fourth-order valence-electron chi connectivity index (χ4n) is 14.8. The van der Waals surface area contributed by atoms with Gasteiger partial charge in [-0.2, -0.15) is 0 Å². The summed E-state index contributed by atoms with van der Waals surface area (Å²) in [7, 11) is 0. The molecule has 0 radical (unpaired) electrons. The van der Waals surface area contributed by atoms with Gasteiger partial charge < -0.3 is 4.40 Å². The molecule has 9 aromatic rings. The van der Waals surface area contributed by atoms with E-state index in [1.165, 1.54) is 136 Å². The van der Waals surface area contributed by atoms with Crippen LogP contribution in [0.5, 0.6) is 0 Å². The van der Waals surface area contributed by atoms with Crippen LogP contribution in [0.15, 0.2) is 65.7 Å². The Bertz CT molecular complexity index is 3160. The van der Waals surface area contributed by atoms with Gasteiger partial charge in [0.05, 0.1) is 40.0 Å². The highest BCUT2D eigenvalue weighted by Crippen LogP contribution is 2.61. The van der Waals surface area contributed by atoms with Crippen molar-refractivity contribution in [3.63, 3.8) is 0 Å². The predicted octanol–water partition coefficient (Wildman–Crippen LogP) is 10.9. The number of hydrogen-bond acceptors (Lipinski definition) is 3. The van der Waals surface area contributed by atoms with Crippen molar-refractivity contribution in [1.82, 2.24) is 18.8 Å². The van der Waals surface area contributed by atoms with Gasteiger partial charge in [0, 0.05) is 71.7 Å². The maximum atomic E-state index is 15.4. The van der Waals surface area contributed by atoms with Crippen molar-refractivity contribution in [2.45, 2.75) is 87.9 Å². The summed E-state index contributed by atoms with van der Waals surface area (Å²) >= 11 is 0. The molecule has 5 heteroatoms. The molecule has 0 N–H and O–H groups in total. The van der Waals surface area contributed by atoms with E-state index in [2.05, 4.69) is 65.3 Å². The maximum Gasteiger partial charge on any atom is 0.263 e. The van der Waals surface area contributed by atoms with E-state index < -0.39 is 0 Å². The molecule has 3 aromatic carbocycles. The first-order valence-electron chi connectivity index (χ1n) is 20.3. The number of aromatic nitrogens is 4. The summed E-state index contributed by atoms with van der Waals surface area (Å²) in [5, 5.41) is 10.9. The fraction of sp³-hybridized carbons (Fsp3) is 0.383. The highest BCUT2D eigenvalue weighted by Gasteiger charge is 2.46. The Morgan fingerprint density at radius 3 is 1.73 bits per heavy atom. The normalized spacial score (nSPS) is 30.4. The second kappa shape index (κ2) is 8.71. The number of pyridine rings is 3. The van der Waals surface area contributed by atoms with E-state index in [0.717, 1.165) is 50.9 Å². The standard InChI is InChI=1S/C47H38N4O/c52-47-33-18-32-40-35(19-48-43-27-14-21-8-22(15-27)11-25(10-21)37(40)43)50-36-20-49-44-28-16-23-9-24(17-28)13-26(12-23)38(44)41(36)42(46(32)50)39(33)31-6-3-5-30-29-4-1-2-7-34(29)51(47)45(30)31/h1-7,18-28H,8-17H2. The van der Waals surface area contributed by atoms with Crippen LogP contribution in [0.25, 0.3) is 76.1 Å². The summed E-state index contributed by atoms with van der Waals surface area (Å²) in [5.74, 6) is 5.49. The third-order valence-corrected chi connectivity index (χ3v) is 16.0. The highest BCUT2D eigenvalue weighted by atomic mass is 16.1. The van der Waals surface area contributed by atoms with E-state index in [1.54, 1.807) is 0 Å². The third kappa shape index (κ3) is 2.91. The first-order chi connectivity index (χ1) is 25.7. The second-order valence-corrected chi connectivity index (χ2v) is 18.5.